The average molecular weight is 439 g/mol. The number of fused-ring (bicyclic) bond motifs is 1. The van der Waals surface area contributed by atoms with Crippen LogP contribution in [0.5, 0.6) is 0 Å². The number of hydrogen-bond acceptors (Lipinski definition) is 3. The van der Waals surface area contributed by atoms with Gasteiger partial charge in [0.25, 0.3) is 0 Å². The van der Waals surface area contributed by atoms with E-state index in [0.717, 1.165) is 29.4 Å². The second-order valence-electron chi connectivity index (χ2n) is 8.10. The molecule has 0 unspecified atom stereocenters. The quantitative estimate of drug-likeness (QED) is 0.397. The first-order valence-corrected chi connectivity index (χ1v) is 11.0. The van der Waals surface area contributed by atoms with Crippen LogP contribution < -0.4 is 0 Å². The number of benzene rings is 3. The van der Waals surface area contributed by atoms with Gasteiger partial charge in [0.2, 0.25) is 0 Å². The van der Waals surface area contributed by atoms with Gasteiger partial charge in [-0.3, -0.25) is 0 Å². The summed E-state index contributed by atoms with van der Waals surface area (Å²) in [6.07, 6.45) is 4.17. The molecule has 1 fully saturated rings. The van der Waals surface area contributed by atoms with Gasteiger partial charge in [-0.15, -0.1) is 6.58 Å². The van der Waals surface area contributed by atoms with Crippen LogP contribution in [0.25, 0.3) is 10.8 Å². The Morgan fingerprint density at radius 3 is 2.41 bits per heavy atom. The van der Waals surface area contributed by atoms with Gasteiger partial charge in [0.05, 0.1) is 19.8 Å². The normalized spacial score (nSPS) is 18.7. The molecule has 0 spiro atoms. The van der Waals surface area contributed by atoms with Gasteiger partial charge in [0, 0.05) is 11.8 Å². The molecule has 0 atom stereocenters. The summed E-state index contributed by atoms with van der Waals surface area (Å²) in [6, 6.07) is 16.0. The summed E-state index contributed by atoms with van der Waals surface area (Å²) < 4.78 is 45.1. The molecule has 0 bridgehead atoms. The van der Waals surface area contributed by atoms with E-state index in [0.29, 0.717) is 43.6 Å². The molecule has 4 rings (SSSR count). The van der Waals surface area contributed by atoms with Crippen LogP contribution in [0.1, 0.15) is 23.1 Å². The summed E-state index contributed by atoms with van der Waals surface area (Å²) in [4.78, 5) is 0. The van der Waals surface area contributed by atoms with Crippen molar-refractivity contribution in [2.75, 3.05) is 19.8 Å². The Labute approximate surface area is 187 Å². The van der Waals surface area contributed by atoms with Crippen LogP contribution in [-0.2, 0) is 33.5 Å². The van der Waals surface area contributed by atoms with Gasteiger partial charge in [-0.2, -0.15) is 0 Å². The highest BCUT2D eigenvalue weighted by molar-refractivity contribution is 5.84. The molecule has 168 valence electrons. The molecule has 3 nitrogen and oxygen atoms in total. The fourth-order valence-corrected chi connectivity index (χ4v) is 3.94. The summed E-state index contributed by atoms with van der Waals surface area (Å²) in [5.74, 6) is -0.439. The molecule has 0 amide bonds. The lowest BCUT2D eigenvalue weighted by atomic mass is 9.98. The molecule has 3 aromatic carbocycles. The van der Waals surface area contributed by atoms with Crippen molar-refractivity contribution in [3.63, 3.8) is 0 Å². The van der Waals surface area contributed by atoms with E-state index in [9.17, 15) is 4.39 Å². The largest absolute Gasteiger partial charge is 0.369 e. The fraction of sp³-hybridized carbons (Fsp3) is 0.333. The lowest BCUT2D eigenvalue weighted by Crippen LogP contribution is -2.37. The standard InChI is InChI=1S/C27H28F2O3/c1-2-15-30-24-17-31-26(32-18-24)14-7-20-6-13-25-22(16-20)10-9-21(27(25)29)8-3-19-4-11-23(28)12-5-19/h2,4-6,9-13,16,24,26H,1,3,7-8,14-15,17-18H2. The van der Waals surface area contributed by atoms with Gasteiger partial charge in [-0.05, 0) is 53.5 Å². The highest BCUT2D eigenvalue weighted by Crippen LogP contribution is 2.25. The van der Waals surface area contributed by atoms with E-state index in [4.69, 9.17) is 14.2 Å². The fourth-order valence-electron chi connectivity index (χ4n) is 3.94. The van der Waals surface area contributed by atoms with Gasteiger partial charge in [-0.1, -0.05) is 48.5 Å². The molecule has 0 aliphatic carbocycles. The van der Waals surface area contributed by atoms with Gasteiger partial charge in [0.15, 0.2) is 6.29 Å². The second-order valence-corrected chi connectivity index (χ2v) is 8.10. The first-order chi connectivity index (χ1) is 15.6. The van der Waals surface area contributed by atoms with Gasteiger partial charge >= 0.3 is 0 Å². The Balaban J connectivity index is 1.33. The summed E-state index contributed by atoms with van der Waals surface area (Å²) in [5, 5.41) is 1.51. The molecule has 0 saturated carbocycles. The lowest BCUT2D eigenvalue weighted by Gasteiger charge is -2.29. The van der Waals surface area contributed by atoms with Crippen LogP contribution in [0.3, 0.4) is 0 Å². The third-order valence-electron chi connectivity index (χ3n) is 5.75. The molecule has 32 heavy (non-hydrogen) atoms. The summed E-state index contributed by atoms with van der Waals surface area (Å²) in [6.45, 7) is 5.16. The van der Waals surface area contributed by atoms with E-state index in [-0.39, 0.29) is 24.0 Å². The molecule has 3 aromatic rings. The summed E-state index contributed by atoms with van der Waals surface area (Å²) >= 11 is 0. The number of aryl methyl sites for hydroxylation is 3. The van der Waals surface area contributed by atoms with Crippen molar-refractivity contribution in [1.82, 2.24) is 0 Å². The minimum Gasteiger partial charge on any atom is -0.369 e. The zero-order valence-electron chi connectivity index (χ0n) is 18.1. The van der Waals surface area contributed by atoms with Crippen LogP contribution in [-0.4, -0.2) is 32.2 Å². The maximum Gasteiger partial charge on any atom is 0.158 e. The van der Waals surface area contributed by atoms with Crippen molar-refractivity contribution in [2.45, 2.75) is 38.1 Å². The molecule has 0 aromatic heterocycles. The molecule has 0 N–H and O–H groups in total. The molecule has 1 aliphatic heterocycles. The maximum absolute atomic E-state index is 15.1. The van der Waals surface area contributed by atoms with E-state index in [1.807, 2.05) is 30.3 Å². The highest BCUT2D eigenvalue weighted by atomic mass is 19.1. The minimum atomic E-state index is -0.259. The van der Waals surface area contributed by atoms with E-state index < -0.39 is 0 Å². The Hall–Kier alpha value is -2.60. The summed E-state index contributed by atoms with van der Waals surface area (Å²) in [5.41, 5.74) is 2.78. The van der Waals surface area contributed by atoms with Crippen molar-refractivity contribution in [3.8, 4) is 0 Å². The predicted molar refractivity (Wildman–Crippen MR) is 122 cm³/mol. The van der Waals surface area contributed by atoms with E-state index in [1.54, 1.807) is 18.2 Å². The van der Waals surface area contributed by atoms with Crippen LogP contribution in [0, 0.1) is 11.6 Å². The maximum atomic E-state index is 15.1. The third-order valence-corrected chi connectivity index (χ3v) is 5.75. The molecule has 1 aliphatic rings. The first-order valence-electron chi connectivity index (χ1n) is 11.0. The third kappa shape index (κ3) is 5.80. The molecule has 1 heterocycles. The van der Waals surface area contributed by atoms with Gasteiger partial charge < -0.3 is 14.2 Å². The van der Waals surface area contributed by atoms with Gasteiger partial charge in [0.1, 0.15) is 17.7 Å². The number of ether oxygens (including phenoxy) is 3. The summed E-state index contributed by atoms with van der Waals surface area (Å²) in [7, 11) is 0. The molecular formula is C27H28F2O3. The Kier molecular flexibility index (Phi) is 7.63. The number of halogens is 2. The predicted octanol–water partition coefficient (Wildman–Crippen LogP) is 5.78. The van der Waals surface area contributed by atoms with E-state index in [1.165, 1.54) is 12.1 Å². The first kappa shape index (κ1) is 22.6. The van der Waals surface area contributed by atoms with Crippen molar-refractivity contribution in [3.05, 3.63) is 95.6 Å². The van der Waals surface area contributed by atoms with Gasteiger partial charge in [-0.25, -0.2) is 8.78 Å². The Morgan fingerprint density at radius 1 is 0.906 bits per heavy atom. The zero-order chi connectivity index (χ0) is 22.3. The lowest BCUT2D eigenvalue weighted by molar-refractivity contribution is -0.225. The zero-order valence-corrected chi connectivity index (χ0v) is 18.1. The SMILES string of the molecule is C=CCOC1COC(CCc2ccc3c(F)c(CCc4ccc(F)cc4)ccc3c2)OC1. The van der Waals surface area contributed by atoms with E-state index >= 15 is 4.39 Å². The molecule has 0 radical (unpaired) electrons. The topological polar surface area (TPSA) is 27.7 Å². The number of hydrogen-bond donors (Lipinski definition) is 0. The minimum absolute atomic E-state index is 0.0508. The van der Waals surface area contributed by atoms with E-state index in [2.05, 4.69) is 6.58 Å². The smallest absolute Gasteiger partial charge is 0.158 e. The van der Waals surface area contributed by atoms with Crippen molar-refractivity contribution in [1.29, 1.82) is 0 Å². The second kappa shape index (κ2) is 10.8. The van der Waals surface area contributed by atoms with Crippen LogP contribution >= 0.6 is 0 Å². The van der Waals surface area contributed by atoms with Crippen LogP contribution in [0.4, 0.5) is 8.78 Å². The van der Waals surface area contributed by atoms with Crippen LogP contribution in [0.2, 0.25) is 0 Å². The molecule has 1 saturated heterocycles. The Bertz CT molecular complexity index is 1040. The van der Waals surface area contributed by atoms with Crippen molar-refractivity contribution < 1.29 is 23.0 Å². The molecule has 5 heteroatoms. The monoisotopic (exact) mass is 438 g/mol. The Morgan fingerprint density at radius 2 is 1.66 bits per heavy atom. The molecular weight excluding hydrogens is 410 g/mol. The van der Waals surface area contributed by atoms with Crippen molar-refractivity contribution in [2.24, 2.45) is 0 Å². The van der Waals surface area contributed by atoms with Crippen molar-refractivity contribution >= 4 is 10.8 Å². The number of rotatable bonds is 9. The highest BCUT2D eigenvalue weighted by Gasteiger charge is 2.22. The van der Waals surface area contributed by atoms with Crippen LogP contribution in [0.15, 0.2) is 67.3 Å². The average Bonchev–Trinajstić information content (AvgIpc) is 2.82.